The van der Waals surface area contributed by atoms with Crippen LogP contribution < -0.4 is 5.32 Å². The fraction of sp³-hybridized carbons (Fsp3) is 0.800. The number of hydrogen-bond acceptors (Lipinski definition) is 5. The third kappa shape index (κ3) is 13.2. The molecule has 0 saturated heterocycles. The van der Waals surface area contributed by atoms with Crippen molar-refractivity contribution in [1.29, 1.82) is 0 Å². The Balaban J connectivity index is 0. The standard InChI is InChI=1S/C14H28N2O.CH4O4S/c1-6-16(7-2,8-3)12-10-9-11-15-14(17)13(4)5;1-5-6(2,3)4/h4,6-12H2,1-3,5H3;1H3,(H,2,3,4). The number of quaternary nitrogens is 1. The Morgan fingerprint density at radius 2 is 1.61 bits per heavy atom. The first-order chi connectivity index (χ1) is 10.6. The summed E-state index contributed by atoms with van der Waals surface area (Å²) in [6, 6.07) is 0. The zero-order valence-corrected chi connectivity index (χ0v) is 15.9. The van der Waals surface area contributed by atoms with Gasteiger partial charge in [0.15, 0.2) is 0 Å². The lowest BCUT2D eigenvalue weighted by molar-refractivity contribution is -0.923. The Bertz CT molecular complexity index is 437. The minimum atomic E-state index is -4.41. The van der Waals surface area contributed by atoms with Gasteiger partial charge in [-0.2, -0.15) is 0 Å². The molecular weight excluding hydrogens is 320 g/mol. The monoisotopic (exact) mass is 352 g/mol. The van der Waals surface area contributed by atoms with Gasteiger partial charge in [-0.1, -0.05) is 6.58 Å². The molecule has 0 radical (unpaired) electrons. The van der Waals surface area contributed by atoms with Gasteiger partial charge in [-0.05, 0) is 40.5 Å². The number of carbonyl (C=O) groups excluding carboxylic acids is 1. The molecule has 0 aliphatic rings. The average molecular weight is 352 g/mol. The van der Waals surface area contributed by atoms with Gasteiger partial charge in [0.05, 0.1) is 33.3 Å². The van der Waals surface area contributed by atoms with Gasteiger partial charge in [0.1, 0.15) is 0 Å². The van der Waals surface area contributed by atoms with Gasteiger partial charge in [0.25, 0.3) is 0 Å². The normalized spacial score (nSPS) is 11.4. The van der Waals surface area contributed by atoms with Gasteiger partial charge in [-0.15, -0.1) is 0 Å². The van der Waals surface area contributed by atoms with Gasteiger partial charge in [-0.3, -0.25) is 8.98 Å². The van der Waals surface area contributed by atoms with E-state index >= 15 is 0 Å². The molecule has 0 aromatic rings. The van der Waals surface area contributed by atoms with Crippen LogP contribution in [0.15, 0.2) is 12.2 Å². The third-order valence-corrected chi connectivity index (χ3v) is 4.36. The predicted molar refractivity (Wildman–Crippen MR) is 90.5 cm³/mol. The van der Waals surface area contributed by atoms with Gasteiger partial charge in [0, 0.05) is 12.1 Å². The quantitative estimate of drug-likeness (QED) is 0.211. The molecule has 1 amide bonds. The SMILES string of the molecule is C=C(C)C(=O)NCCCC[N+](CC)(CC)CC.COS(=O)(=O)[O-]. The van der Waals surface area contributed by atoms with E-state index in [9.17, 15) is 17.8 Å². The van der Waals surface area contributed by atoms with Crippen LogP contribution in [0.2, 0.25) is 0 Å². The van der Waals surface area contributed by atoms with Crippen LogP contribution in [0.5, 0.6) is 0 Å². The van der Waals surface area contributed by atoms with Crippen LogP contribution in [0, 0.1) is 0 Å². The van der Waals surface area contributed by atoms with E-state index in [1.54, 1.807) is 6.92 Å². The largest absolute Gasteiger partial charge is 0.726 e. The van der Waals surface area contributed by atoms with Crippen molar-refractivity contribution in [1.82, 2.24) is 5.32 Å². The highest BCUT2D eigenvalue weighted by Crippen LogP contribution is 2.08. The van der Waals surface area contributed by atoms with Crippen LogP contribution in [0.3, 0.4) is 0 Å². The Labute approximate surface area is 141 Å². The summed E-state index contributed by atoms with van der Waals surface area (Å²) in [5.41, 5.74) is 0.589. The summed E-state index contributed by atoms with van der Waals surface area (Å²) in [6.07, 6.45) is 2.23. The molecule has 1 N–H and O–H groups in total. The van der Waals surface area contributed by atoms with E-state index < -0.39 is 10.4 Å². The topological polar surface area (TPSA) is 95.5 Å². The van der Waals surface area contributed by atoms with E-state index in [0.29, 0.717) is 5.57 Å². The van der Waals surface area contributed by atoms with Gasteiger partial charge in [-0.25, -0.2) is 8.42 Å². The molecular formula is C15H32N2O5S. The molecule has 0 heterocycles. The molecule has 0 aliphatic carbocycles. The van der Waals surface area contributed by atoms with Crippen LogP contribution in [0.1, 0.15) is 40.5 Å². The van der Waals surface area contributed by atoms with Crippen molar-refractivity contribution in [2.45, 2.75) is 40.5 Å². The molecule has 8 heteroatoms. The van der Waals surface area contributed by atoms with Crippen molar-refractivity contribution in [2.24, 2.45) is 0 Å². The maximum Gasteiger partial charge on any atom is 0.246 e. The second-order valence-electron chi connectivity index (χ2n) is 5.33. The van der Waals surface area contributed by atoms with E-state index in [0.717, 1.165) is 20.1 Å². The van der Waals surface area contributed by atoms with E-state index in [-0.39, 0.29) is 5.91 Å². The first kappa shape index (κ1) is 24.3. The van der Waals surface area contributed by atoms with Crippen LogP contribution in [0.4, 0.5) is 0 Å². The highest BCUT2D eigenvalue weighted by atomic mass is 32.3. The zero-order chi connectivity index (χ0) is 18.5. The van der Waals surface area contributed by atoms with Crippen molar-refractivity contribution >= 4 is 16.3 Å². The molecule has 0 rings (SSSR count). The molecule has 0 unspecified atom stereocenters. The fourth-order valence-corrected chi connectivity index (χ4v) is 2.07. The Hall–Kier alpha value is -0.960. The van der Waals surface area contributed by atoms with Crippen molar-refractivity contribution < 1.29 is 26.4 Å². The van der Waals surface area contributed by atoms with Gasteiger partial charge in [0.2, 0.25) is 16.3 Å². The number of hydrogen-bond donors (Lipinski definition) is 1. The molecule has 7 nitrogen and oxygen atoms in total. The lowest BCUT2D eigenvalue weighted by Crippen LogP contribution is -2.48. The Morgan fingerprint density at radius 3 is 1.91 bits per heavy atom. The van der Waals surface area contributed by atoms with Crippen molar-refractivity contribution in [3.8, 4) is 0 Å². The van der Waals surface area contributed by atoms with E-state index in [1.807, 2.05) is 0 Å². The molecule has 0 aromatic carbocycles. The van der Waals surface area contributed by atoms with Crippen LogP contribution in [0.25, 0.3) is 0 Å². The molecule has 0 saturated carbocycles. The minimum Gasteiger partial charge on any atom is -0.726 e. The molecule has 0 fully saturated rings. The number of carbonyl (C=O) groups is 1. The fourth-order valence-electron chi connectivity index (χ4n) is 2.07. The van der Waals surface area contributed by atoms with Crippen molar-refractivity contribution in [3.63, 3.8) is 0 Å². The van der Waals surface area contributed by atoms with Crippen LogP contribution in [-0.2, 0) is 19.4 Å². The summed E-state index contributed by atoms with van der Waals surface area (Å²) in [5.74, 6) is -0.0211. The minimum absolute atomic E-state index is 0.0211. The Kier molecular flexibility index (Phi) is 13.2. The maximum atomic E-state index is 11.3. The smallest absolute Gasteiger partial charge is 0.246 e. The summed E-state index contributed by atoms with van der Waals surface area (Å²) in [5, 5.41) is 2.88. The number of nitrogens with zero attached hydrogens (tertiary/aromatic N) is 1. The summed E-state index contributed by atoms with van der Waals surface area (Å²) >= 11 is 0. The van der Waals surface area contributed by atoms with Crippen molar-refractivity contribution in [3.05, 3.63) is 12.2 Å². The molecule has 0 bridgehead atoms. The van der Waals surface area contributed by atoms with Crippen LogP contribution >= 0.6 is 0 Å². The summed E-state index contributed by atoms with van der Waals surface area (Å²) in [6.45, 7) is 17.7. The second-order valence-corrected chi connectivity index (χ2v) is 6.48. The first-order valence-corrected chi connectivity index (χ1v) is 9.21. The van der Waals surface area contributed by atoms with E-state index in [4.69, 9.17) is 0 Å². The lowest BCUT2D eigenvalue weighted by Gasteiger charge is -2.35. The maximum absolute atomic E-state index is 11.3. The summed E-state index contributed by atoms with van der Waals surface area (Å²) < 4.78 is 32.2. The number of nitrogens with one attached hydrogen (secondary N) is 1. The second kappa shape index (κ2) is 12.5. The molecule has 0 spiro atoms. The average Bonchev–Trinajstić information content (AvgIpc) is 2.51. The predicted octanol–water partition coefficient (Wildman–Crippen LogP) is 1.43. The zero-order valence-electron chi connectivity index (χ0n) is 15.1. The lowest BCUT2D eigenvalue weighted by atomic mass is 10.2. The Morgan fingerprint density at radius 1 is 1.17 bits per heavy atom. The molecule has 23 heavy (non-hydrogen) atoms. The number of unbranched alkanes of at least 4 members (excludes halogenated alkanes) is 1. The summed E-state index contributed by atoms with van der Waals surface area (Å²) in [4.78, 5) is 11.3. The molecule has 0 aromatic heterocycles. The highest BCUT2D eigenvalue weighted by Gasteiger charge is 2.19. The van der Waals surface area contributed by atoms with Crippen LogP contribution in [-0.4, -0.2) is 63.2 Å². The third-order valence-electron chi connectivity index (χ3n) is 3.95. The molecule has 0 aliphatic heterocycles. The van der Waals surface area contributed by atoms with E-state index in [1.165, 1.54) is 37.1 Å². The number of rotatable bonds is 10. The van der Waals surface area contributed by atoms with E-state index in [2.05, 4.69) is 36.9 Å². The molecule has 0 atom stereocenters. The van der Waals surface area contributed by atoms with Gasteiger partial charge < -0.3 is 14.4 Å². The summed E-state index contributed by atoms with van der Waals surface area (Å²) in [7, 11) is -3.60. The van der Waals surface area contributed by atoms with Gasteiger partial charge >= 0.3 is 0 Å². The highest BCUT2D eigenvalue weighted by molar-refractivity contribution is 7.80. The molecule has 138 valence electrons. The number of amides is 1. The van der Waals surface area contributed by atoms with Crippen molar-refractivity contribution in [2.75, 3.05) is 39.8 Å². The first-order valence-electron chi connectivity index (χ1n) is 7.87.